The Labute approximate surface area is 100 Å². The Morgan fingerprint density at radius 2 is 2.25 bits per heavy atom. The maximum Gasteiger partial charge on any atom is 0.255 e. The summed E-state index contributed by atoms with van der Waals surface area (Å²) in [5, 5.41) is 5.62. The van der Waals surface area contributed by atoms with Gasteiger partial charge in [-0.05, 0) is 22.0 Å². The van der Waals surface area contributed by atoms with Gasteiger partial charge in [0, 0.05) is 13.2 Å². The number of ether oxygens (including phenoxy) is 1. The Morgan fingerprint density at radius 1 is 1.50 bits per heavy atom. The summed E-state index contributed by atoms with van der Waals surface area (Å²) in [7, 11) is 1.46. The minimum atomic E-state index is -0.575. The number of halogens is 2. The number of rotatable bonds is 1. The van der Waals surface area contributed by atoms with E-state index >= 15 is 0 Å². The predicted octanol–water partition coefficient (Wildman–Crippen LogP) is 1.97. The zero-order chi connectivity index (χ0) is 11.7. The van der Waals surface area contributed by atoms with Gasteiger partial charge in [-0.15, -0.1) is 0 Å². The lowest BCUT2D eigenvalue weighted by molar-refractivity contribution is -0.124. The van der Waals surface area contributed by atoms with Crippen LogP contribution in [0, 0.1) is 5.82 Å². The number of nitrogens with one attached hydrogen (secondary N) is 2. The summed E-state index contributed by atoms with van der Waals surface area (Å²) in [6.07, 6.45) is -0.575. The van der Waals surface area contributed by atoms with Crippen LogP contribution in [0.2, 0.25) is 0 Å². The molecule has 0 bridgehead atoms. The molecule has 0 spiro atoms. The molecule has 0 saturated heterocycles. The van der Waals surface area contributed by atoms with E-state index in [-0.39, 0.29) is 5.91 Å². The number of methoxy groups -OCH3 is 1. The predicted molar refractivity (Wildman–Crippen MR) is 62.0 cm³/mol. The normalized spacial score (nSPS) is 19.4. The van der Waals surface area contributed by atoms with Crippen molar-refractivity contribution >= 4 is 33.2 Å². The van der Waals surface area contributed by atoms with Gasteiger partial charge in [0.1, 0.15) is 5.82 Å². The maximum absolute atomic E-state index is 13.3. The van der Waals surface area contributed by atoms with Crippen molar-refractivity contribution in [2.45, 2.75) is 6.10 Å². The van der Waals surface area contributed by atoms with Crippen LogP contribution < -0.4 is 10.6 Å². The molecule has 1 aliphatic heterocycles. The molecule has 4 nitrogen and oxygen atoms in total. The number of carbonyl (C=O) groups excluding carboxylic acids is 1. The van der Waals surface area contributed by atoms with Crippen molar-refractivity contribution in [1.29, 1.82) is 0 Å². The summed E-state index contributed by atoms with van der Waals surface area (Å²) in [5.74, 6) is -0.702. The van der Waals surface area contributed by atoms with Crippen LogP contribution >= 0.6 is 15.9 Å². The molecule has 1 aliphatic rings. The van der Waals surface area contributed by atoms with E-state index in [2.05, 4.69) is 26.6 Å². The number of hydrogen-bond donors (Lipinski definition) is 2. The van der Waals surface area contributed by atoms with E-state index in [1.165, 1.54) is 13.2 Å². The Morgan fingerprint density at radius 3 is 2.94 bits per heavy atom. The fourth-order valence-electron chi connectivity index (χ4n) is 1.50. The zero-order valence-electron chi connectivity index (χ0n) is 8.51. The summed E-state index contributed by atoms with van der Waals surface area (Å²) in [6.45, 7) is 0.355. The molecule has 0 saturated carbocycles. The highest BCUT2D eigenvalue weighted by atomic mass is 79.9. The molecule has 1 atom stereocenters. The number of hydrogen-bond acceptors (Lipinski definition) is 3. The van der Waals surface area contributed by atoms with Crippen molar-refractivity contribution in [1.82, 2.24) is 0 Å². The monoisotopic (exact) mass is 288 g/mol. The molecule has 0 aliphatic carbocycles. The minimum absolute atomic E-state index is 0.282. The summed E-state index contributed by atoms with van der Waals surface area (Å²) in [6, 6.07) is 2.85. The molecule has 6 heteroatoms. The fraction of sp³-hybridized carbons (Fsp3) is 0.300. The third kappa shape index (κ3) is 2.03. The molecule has 1 heterocycles. The molecule has 2 N–H and O–H groups in total. The number of fused-ring (bicyclic) bond motifs is 1. The third-order valence-corrected chi connectivity index (χ3v) is 2.98. The molecular formula is C10H10BrFN2O2. The Bertz CT molecular complexity index is 439. The first-order valence-electron chi connectivity index (χ1n) is 4.68. The molecule has 1 amide bonds. The lowest BCUT2D eigenvalue weighted by Gasteiger charge is -2.09. The van der Waals surface area contributed by atoms with Crippen molar-refractivity contribution < 1.29 is 13.9 Å². The Kier molecular flexibility index (Phi) is 3.11. The number of carbonyl (C=O) groups is 1. The molecule has 1 aromatic carbocycles. The average molecular weight is 289 g/mol. The van der Waals surface area contributed by atoms with Gasteiger partial charge in [0.2, 0.25) is 0 Å². The van der Waals surface area contributed by atoms with Gasteiger partial charge >= 0.3 is 0 Å². The largest absolute Gasteiger partial charge is 0.380 e. The van der Waals surface area contributed by atoms with Crippen LogP contribution in [0.3, 0.4) is 0 Å². The van der Waals surface area contributed by atoms with E-state index in [4.69, 9.17) is 4.74 Å². The second-order valence-corrected chi connectivity index (χ2v) is 4.26. The van der Waals surface area contributed by atoms with Gasteiger partial charge in [-0.25, -0.2) is 4.39 Å². The molecule has 0 radical (unpaired) electrons. The van der Waals surface area contributed by atoms with Crippen LogP contribution in [-0.4, -0.2) is 25.7 Å². The molecule has 1 aromatic rings. The van der Waals surface area contributed by atoms with E-state index in [1.54, 1.807) is 6.07 Å². The molecule has 86 valence electrons. The first-order chi connectivity index (χ1) is 7.61. The van der Waals surface area contributed by atoms with E-state index < -0.39 is 11.9 Å². The molecule has 1 unspecified atom stereocenters. The first kappa shape index (κ1) is 11.3. The van der Waals surface area contributed by atoms with Crippen LogP contribution in [-0.2, 0) is 9.53 Å². The maximum atomic E-state index is 13.3. The van der Waals surface area contributed by atoms with Crippen molar-refractivity contribution in [3.8, 4) is 0 Å². The van der Waals surface area contributed by atoms with Crippen LogP contribution in [0.4, 0.5) is 15.8 Å². The van der Waals surface area contributed by atoms with Gasteiger partial charge in [0.15, 0.2) is 6.10 Å². The van der Waals surface area contributed by atoms with Crippen LogP contribution in [0.25, 0.3) is 0 Å². The van der Waals surface area contributed by atoms with Crippen molar-refractivity contribution in [2.24, 2.45) is 0 Å². The highest BCUT2D eigenvalue weighted by Gasteiger charge is 2.23. The molecular weight excluding hydrogens is 279 g/mol. The van der Waals surface area contributed by atoms with E-state index in [9.17, 15) is 9.18 Å². The molecule has 2 rings (SSSR count). The number of amides is 1. The van der Waals surface area contributed by atoms with Gasteiger partial charge in [-0.3, -0.25) is 4.79 Å². The fourth-order valence-corrected chi connectivity index (χ4v) is 1.84. The van der Waals surface area contributed by atoms with Gasteiger partial charge in [0.25, 0.3) is 5.91 Å². The molecule has 0 aromatic heterocycles. The first-order valence-corrected chi connectivity index (χ1v) is 5.47. The van der Waals surface area contributed by atoms with Crippen molar-refractivity contribution in [3.05, 3.63) is 22.4 Å². The second-order valence-electron chi connectivity index (χ2n) is 3.41. The topological polar surface area (TPSA) is 50.4 Å². The summed E-state index contributed by atoms with van der Waals surface area (Å²) in [4.78, 5) is 11.6. The standard InChI is InChI=1S/C10H10BrFN2O2/c1-16-9-4-13-7-2-5(11)6(12)3-8(7)14-10(9)15/h2-3,9,13H,4H2,1H3,(H,14,15). The lowest BCUT2D eigenvalue weighted by Crippen LogP contribution is -2.32. The molecule has 16 heavy (non-hydrogen) atoms. The Hall–Kier alpha value is -1.14. The van der Waals surface area contributed by atoms with Gasteiger partial charge in [-0.1, -0.05) is 0 Å². The van der Waals surface area contributed by atoms with Gasteiger partial charge in [-0.2, -0.15) is 0 Å². The minimum Gasteiger partial charge on any atom is -0.380 e. The van der Waals surface area contributed by atoms with Crippen molar-refractivity contribution in [3.63, 3.8) is 0 Å². The van der Waals surface area contributed by atoms with Crippen LogP contribution in [0.1, 0.15) is 0 Å². The molecule has 0 fully saturated rings. The lowest BCUT2D eigenvalue weighted by atomic mass is 10.2. The third-order valence-electron chi connectivity index (χ3n) is 2.37. The zero-order valence-corrected chi connectivity index (χ0v) is 10.1. The van der Waals surface area contributed by atoms with Crippen molar-refractivity contribution in [2.75, 3.05) is 24.3 Å². The summed E-state index contributed by atoms with van der Waals surface area (Å²) >= 11 is 3.09. The van der Waals surface area contributed by atoms with Crippen LogP contribution in [0.15, 0.2) is 16.6 Å². The smallest absolute Gasteiger partial charge is 0.255 e. The second kappa shape index (κ2) is 4.39. The van der Waals surface area contributed by atoms with Gasteiger partial charge in [0.05, 0.1) is 22.4 Å². The number of benzene rings is 1. The van der Waals surface area contributed by atoms with E-state index in [1.807, 2.05) is 0 Å². The average Bonchev–Trinajstić information content (AvgIpc) is 2.38. The highest BCUT2D eigenvalue weighted by Crippen LogP contribution is 2.30. The summed E-state index contributed by atoms with van der Waals surface area (Å²) < 4.78 is 18.6. The van der Waals surface area contributed by atoms with Gasteiger partial charge < -0.3 is 15.4 Å². The number of anilines is 2. The highest BCUT2D eigenvalue weighted by molar-refractivity contribution is 9.10. The van der Waals surface area contributed by atoms with E-state index in [0.717, 1.165) is 0 Å². The van der Waals surface area contributed by atoms with Crippen LogP contribution in [0.5, 0.6) is 0 Å². The SMILES string of the molecule is COC1CNc2cc(Br)c(F)cc2NC1=O. The summed E-state index contributed by atoms with van der Waals surface area (Å²) in [5.41, 5.74) is 1.09. The van der Waals surface area contributed by atoms with E-state index in [0.29, 0.717) is 22.4 Å². The quantitative estimate of drug-likeness (QED) is 0.831. The Balaban J connectivity index is 2.37.